The van der Waals surface area contributed by atoms with Crippen molar-refractivity contribution in [2.45, 2.75) is 24.6 Å². The highest BCUT2D eigenvalue weighted by molar-refractivity contribution is 8.15. The number of hydrogen-bond donors (Lipinski definition) is 6. The summed E-state index contributed by atoms with van der Waals surface area (Å²) in [5, 5.41) is 17.3. The first kappa shape index (κ1) is 26.3. The quantitative estimate of drug-likeness (QED) is 0.262. The molecule has 2 unspecified atom stereocenters. The number of aromatic amines is 2. The van der Waals surface area contributed by atoms with Crippen LogP contribution in [0.2, 0.25) is 0 Å². The number of rotatable bonds is 7. The van der Waals surface area contributed by atoms with Crippen LogP contribution in [0, 0.1) is 5.82 Å². The summed E-state index contributed by atoms with van der Waals surface area (Å²) in [5.74, 6) is -2.43. The van der Waals surface area contributed by atoms with Crippen molar-refractivity contribution < 1.29 is 23.9 Å². The van der Waals surface area contributed by atoms with Crippen molar-refractivity contribution in [3.8, 4) is 5.88 Å². The third-order valence-electron chi connectivity index (χ3n) is 5.30. The summed E-state index contributed by atoms with van der Waals surface area (Å²) < 4.78 is 13.1. The predicted octanol–water partition coefficient (Wildman–Crippen LogP) is 1.57. The lowest BCUT2D eigenvalue weighted by Gasteiger charge is -2.15. The molecule has 1 aromatic heterocycles. The molecule has 0 aliphatic carbocycles. The highest BCUT2D eigenvalue weighted by Gasteiger charge is 2.34. The van der Waals surface area contributed by atoms with Crippen molar-refractivity contribution in [1.82, 2.24) is 15.3 Å². The summed E-state index contributed by atoms with van der Waals surface area (Å²) in [7, 11) is 0. The van der Waals surface area contributed by atoms with E-state index in [2.05, 4.69) is 25.9 Å². The van der Waals surface area contributed by atoms with Crippen LogP contribution in [-0.2, 0) is 14.4 Å². The van der Waals surface area contributed by atoms with Crippen LogP contribution in [0.4, 0.5) is 15.8 Å². The first-order valence-electron chi connectivity index (χ1n) is 11.1. The summed E-state index contributed by atoms with van der Waals surface area (Å²) >= 11 is 0.950. The number of thioether (sulfide) groups is 1. The maximum atomic E-state index is 13.1. The van der Waals surface area contributed by atoms with Crippen LogP contribution < -0.4 is 27.2 Å². The van der Waals surface area contributed by atoms with Crippen LogP contribution in [0.5, 0.6) is 5.88 Å². The Morgan fingerprint density at radius 1 is 1.03 bits per heavy atom. The van der Waals surface area contributed by atoms with E-state index in [1.54, 1.807) is 24.3 Å². The Labute approximate surface area is 217 Å². The summed E-state index contributed by atoms with van der Waals surface area (Å²) in [6, 6.07) is 10.2. The Bertz CT molecular complexity index is 1530. The Morgan fingerprint density at radius 2 is 1.66 bits per heavy atom. The number of amidine groups is 1. The summed E-state index contributed by atoms with van der Waals surface area (Å²) in [6.07, 6.45) is -0.215. The fourth-order valence-corrected chi connectivity index (χ4v) is 4.62. The van der Waals surface area contributed by atoms with E-state index in [9.17, 15) is 33.5 Å². The molecule has 3 aromatic rings. The average Bonchev–Trinajstić information content (AvgIpc) is 3.17. The second kappa shape index (κ2) is 11.1. The third-order valence-corrected chi connectivity index (χ3v) is 6.40. The molecule has 14 heteroatoms. The van der Waals surface area contributed by atoms with Gasteiger partial charge >= 0.3 is 5.69 Å². The predicted molar refractivity (Wildman–Crippen MR) is 139 cm³/mol. The monoisotopic (exact) mass is 540 g/mol. The van der Waals surface area contributed by atoms with Crippen LogP contribution >= 0.6 is 11.8 Å². The van der Waals surface area contributed by atoms with Crippen molar-refractivity contribution in [2.75, 3.05) is 10.6 Å². The van der Waals surface area contributed by atoms with Crippen LogP contribution in [0.3, 0.4) is 0 Å². The van der Waals surface area contributed by atoms with Gasteiger partial charge in [-0.25, -0.2) is 14.2 Å². The van der Waals surface area contributed by atoms with Gasteiger partial charge in [0.15, 0.2) is 5.17 Å². The van der Waals surface area contributed by atoms with Crippen LogP contribution in [-0.4, -0.2) is 43.2 Å². The second-order valence-electron chi connectivity index (χ2n) is 8.17. The lowest BCUT2D eigenvalue weighted by molar-refractivity contribution is -0.122. The Morgan fingerprint density at radius 3 is 2.29 bits per heavy atom. The van der Waals surface area contributed by atoms with Gasteiger partial charge < -0.3 is 21.1 Å². The molecule has 0 radical (unpaired) electrons. The molecular weight excluding hydrogens is 519 g/mol. The second-order valence-corrected chi connectivity index (χ2v) is 9.36. The molecule has 2 atom stereocenters. The number of H-pyrrole nitrogens is 2. The fraction of sp³-hybridized carbons (Fsp3) is 0.167. The maximum Gasteiger partial charge on any atom is 0.328 e. The third kappa shape index (κ3) is 6.34. The number of aromatic hydroxyl groups is 1. The molecule has 1 fully saturated rings. The topological polar surface area (TPSA) is 186 Å². The normalized spacial score (nSPS) is 16.6. The highest BCUT2D eigenvalue weighted by Crippen LogP contribution is 2.32. The van der Waals surface area contributed by atoms with Gasteiger partial charge in [-0.2, -0.15) is 0 Å². The first-order chi connectivity index (χ1) is 18.1. The minimum atomic E-state index is -1.17. The molecule has 0 spiro atoms. The van der Waals surface area contributed by atoms with Gasteiger partial charge in [-0.3, -0.25) is 29.1 Å². The van der Waals surface area contributed by atoms with Crippen molar-refractivity contribution in [2.24, 2.45) is 4.99 Å². The van der Waals surface area contributed by atoms with Crippen LogP contribution in [0.15, 0.2) is 63.1 Å². The molecule has 38 heavy (non-hydrogen) atoms. The van der Waals surface area contributed by atoms with Gasteiger partial charge in [0, 0.05) is 24.7 Å². The molecule has 4 rings (SSSR count). The summed E-state index contributed by atoms with van der Waals surface area (Å²) in [4.78, 5) is 69.1. The van der Waals surface area contributed by atoms with E-state index in [4.69, 9.17) is 0 Å². The number of halogens is 1. The van der Waals surface area contributed by atoms with Crippen LogP contribution in [0.1, 0.15) is 30.5 Å². The van der Waals surface area contributed by atoms with E-state index in [1.165, 1.54) is 31.2 Å². The number of nitrogens with one attached hydrogen (secondary N) is 5. The smallest absolute Gasteiger partial charge is 0.328 e. The number of carbonyl (C=O) groups excluding carboxylic acids is 3. The summed E-state index contributed by atoms with van der Waals surface area (Å²) in [6.45, 7) is 1.34. The molecule has 0 bridgehead atoms. The van der Waals surface area contributed by atoms with E-state index < -0.39 is 46.1 Å². The van der Waals surface area contributed by atoms with Crippen molar-refractivity contribution in [3.63, 3.8) is 0 Å². The van der Waals surface area contributed by atoms with Gasteiger partial charge in [0.2, 0.25) is 23.6 Å². The van der Waals surface area contributed by atoms with Crippen molar-refractivity contribution in [1.29, 1.82) is 0 Å². The van der Waals surface area contributed by atoms with Gasteiger partial charge in [0.05, 0.1) is 0 Å². The lowest BCUT2D eigenvalue weighted by atomic mass is 10.0. The molecule has 1 saturated heterocycles. The molecule has 2 aromatic carbocycles. The molecule has 1 aliphatic rings. The first-order valence-corrected chi connectivity index (χ1v) is 12.0. The number of carbonyl (C=O) groups is 3. The van der Waals surface area contributed by atoms with E-state index in [-0.39, 0.29) is 23.1 Å². The zero-order chi connectivity index (χ0) is 27.4. The van der Waals surface area contributed by atoms with Gasteiger partial charge in [0.1, 0.15) is 22.7 Å². The molecule has 3 amide bonds. The Hall–Kier alpha value is -4.72. The molecule has 6 N–H and O–H groups in total. The molecule has 12 nitrogen and oxygen atoms in total. The number of amides is 3. The maximum absolute atomic E-state index is 13.1. The van der Waals surface area contributed by atoms with Gasteiger partial charge in [-0.1, -0.05) is 23.9 Å². The van der Waals surface area contributed by atoms with Crippen LogP contribution in [0.25, 0.3) is 0 Å². The molecule has 196 valence electrons. The lowest BCUT2D eigenvalue weighted by Crippen LogP contribution is -2.29. The average molecular weight is 541 g/mol. The fourth-order valence-electron chi connectivity index (χ4n) is 3.63. The number of aromatic nitrogens is 2. The number of benzene rings is 2. The summed E-state index contributed by atoms with van der Waals surface area (Å²) in [5.41, 5.74) is -0.855. The van der Waals surface area contributed by atoms with Gasteiger partial charge in [0.25, 0.3) is 5.56 Å². The van der Waals surface area contributed by atoms with Gasteiger partial charge in [-0.15, -0.1) is 0 Å². The minimum absolute atomic E-state index is 0.0792. The van der Waals surface area contributed by atoms with Gasteiger partial charge in [-0.05, 0) is 42.0 Å². The zero-order valence-electron chi connectivity index (χ0n) is 19.7. The SMILES string of the molecule is CC(=O)Nc1ccc(C(N=C2NC(=O)C(CC(=O)Nc3ccc(F)cc3)S2)c2c(O)[nH]c(=O)[nH]c2=O)cc1. The van der Waals surface area contributed by atoms with E-state index in [1.807, 2.05) is 4.98 Å². The Kier molecular flexibility index (Phi) is 7.71. The molecule has 0 saturated carbocycles. The largest absolute Gasteiger partial charge is 0.494 e. The number of aliphatic imine (C=N–C) groups is 1. The number of anilines is 2. The number of nitrogens with zero attached hydrogens (tertiary/aromatic N) is 1. The molecular formula is C24H21FN6O6S. The standard InChI is InChI=1S/C24H21FN6O6S/c1-11(32)26-14-6-2-12(3-7-14)19(18-21(35)29-23(37)30-22(18)36)28-24-31-20(34)16(38-24)10-17(33)27-15-8-4-13(25)5-9-15/h2-9,16,19H,10H2,1H3,(H,26,32)(H,27,33)(H,28,31,34)(H3,29,30,35,36,37). The van der Waals surface area contributed by atoms with E-state index in [0.29, 0.717) is 16.9 Å². The zero-order valence-corrected chi connectivity index (χ0v) is 20.5. The molecule has 2 heterocycles. The van der Waals surface area contributed by atoms with E-state index >= 15 is 0 Å². The highest BCUT2D eigenvalue weighted by atomic mass is 32.2. The Balaban J connectivity index is 1.60. The minimum Gasteiger partial charge on any atom is -0.494 e. The van der Waals surface area contributed by atoms with Crippen molar-refractivity contribution >= 4 is 46.0 Å². The van der Waals surface area contributed by atoms with Crippen molar-refractivity contribution in [3.05, 3.63) is 86.3 Å². The number of hydrogen-bond acceptors (Lipinski definition) is 8. The molecule has 1 aliphatic heterocycles. The van der Waals surface area contributed by atoms with E-state index in [0.717, 1.165) is 11.8 Å².